The van der Waals surface area contributed by atoms with Gasteiger partial charge < -0.3 is 5.73 Å². The van der Waals surface area contributed by atoms with E-state index in [0.717, 1.165) is 4.21 Å². The first-order chi connectivity index (χ1) is 7.27. The van der Waals surface area contributed by atoms with Gasteiger partial charge in [0.05, 0.1) is 4.21 Å². The minimum absolute atomic E-state index is 0.0536. The maximum absolute atomic E-state index is 7.37. The molecule has 0 unspecified atom stereocenters. The number of hydrogen-bond acceptors (Lipinski definition) is 5. The highest BCUT2D eigenvalue weighted by Gasteiger charge is 2.09. The Bertz CT molecular complexity index is 467. The lowest BCUT2D eigenvalue weighted by atomic mass is 10.4. The monoisotopic (exact) mass is 236 g/mol. The molecule has 2 rings (SSSR count). The van der Waals surface area contributed by atoms with Crippen molar-refractivity contribution in [3.8, 4) is 0 Å². The van der Waals surface area contributed by atoms with E-state index in [4.69, 9.17) is 11.1 Å². The first-order valence-electron chi connectivity index (χ1n) is 4.14. The van der Waals surface area contributed by atoms with Gasteiger partial charge in [0.1, 0.15) is 16.6 Å². The van der Waals surface area contributed by atoms with Crippen LogP contribution in [0, 0.1) is 5.41 Å². The van der Waals surface area contributed by atoms with Gasteiger partial charge in [0.2, 0.25) is 0 Å². The zero-order chi connectivity index (χ0) is 10.7. The van der Waals surface area contributed by atoms with Crippen LogP contribution < -0.4 is 5.73 Å². The minimum atomic E-state index is -0.0536. The summed E-state index contributed by atoms with van der Waals surface area (Å²) in [6.45, 7) is 0. The third kappa shape index (κ3) is 2.34. The maximum Gasteiger partial charge on any atom is 0.144 e. The molecule has 0 spiro atoms. The molecule has 0 aliphatic rings. The van der Waals surface area contributed by atoms with Crippen molar-refractivity contribution in [2.24, 2.45) is 5.73 Å². The van der Waals surface area contributed by atoms with E-state index in [0.29, 0.717) is 10.7 Å². The van der Waals surface area contributed by atoms with Crippen LogP contribution in [0.1, 0.15) is 5.69 Å². The van der Waals surface area contributed by atoms with Crippen molar-refractivity contribution < 1.29 is 0 Å². The number of rotatable bonds is 3. The fourth-order valence-electron chi connectivity index (χ4n) is 1.00. The quantitative estimate of drug-likeness (QED) is 0.631. The number of nitrogen functional groups attached to an aromatic ring is 1. The van der Waals surface area contributed by atoms with Crippen LogP contribution in [-0.2, 0) is 0 Å². The average Bonchev–Trinajstić information content (AvgIpc) is 2.71. The number of hydrogen-bond donors (Lipinski definition) is 2. The summed E-state index contributed by atoms with van der Waals surface area (Å²) in [5.41, 5.74) is 5.86. The van der Waals surface area contributed by atoms with Gasteiger partial charge in [-0.15, -0.1) is 11.3 Å². The second kappa shape index (κ2) is 4.41. The number of thiophene rings is 1. The van der Waals surface area contributed by atoms with Crippen molar-refractivity contribution in [1.82, 2.24) is 9.97 Å². The lowest BCUT2D eigenvalue weighted by Crippen LogP contribution is -2.14. The Morgan fingerprint density at radius 2 is 2.20 bits per heavy atom. The van der Waals surface area contributed by atoms with E-state index in [9.17, 15) is 0 Å². The second-order valence-electron chi connectivity index (χ2n) is 2.66. The van der Waals surface area contributed by atoms with E-state index in [1.54, 1.807) is 17.5 Å². The number of nitrogens with zero attached hydrogens (tertiary/aromatic N) is 2. The number of nitrogens with one attached hydrogen (secondary N) is 1. The standard InChI is InChI=1S/C9H8N4S2/c10-8(11)7-9(13-4-3-12-7)15-6-2-1-5-14-6/h1-5H,(H3,10,11). The molecule has 15 heavy (non-hydrogen) atoms. The highest BCUT2D eigenvalue weighted by molar-refractivity contribution is 8.01. The van der Waals surface area contributed by atoms with Gasteiger partial charge in [-0.05, 0) is 11.4 Å². The van der Waals surface area contributed by atoms with Crippen molar-refractivity contribution in [3.05, 3.63) is 35.6 Å². The van der Waals surface area contributed by atoms with Crippen LogP contribution in [0.25, 0.3) is 0 Å². The van der Waals surface area contributed by atoms with Gasteiger partial charge >= 0.3 is 0 Å². The third-order valence-corrected chi connectivity index (χ3v) is 3.64. The molecule has 2 heterocycles. The van der Waals surface area contributed by atoms with Gasteiger partial charge in [-0.1, -0.05) is 17.8 Å². The summed E-state index contributed by atoms with van der Waals surface area (Å²) in [5, 5.41) is 10.0. The van der Waals surface area contributed by atoms with E-state index in [1.165, 1.54) is 18.0 Å². The maximum atomic E-state index is 7.37. The molecular formula is C9H8N4S2. The van der Waals surface area contributed by atoms with Gasteiger partial charge in [0.25, 0.3) is 0 Å². The summed E-state index contributed by atoms with van der Waals surface area (Å²) < 4.78 is 1.11. The zero-order valence-electron chi connectivity index (χ0n) is 7.68. The zero-order valence-corrected chi connectivity index (χ0v) is 9.31. The summed E-state index contributed by atoms with van der Waals surface area (Å²) >= 11 is 3.10. The highest BCUT2D eigenvalue weighted by Crippen LogP contribution is 2.30. The van der Waals surface area contributed by atoms with Crippen molar-refractivity contribution in [1.29, 1.82) is 5.41 Å². The summed E-state index contributed by atoms with van der Waals surface area (Å²) in [6, 6.07) is 3.96. The Kier molecular flexibility index (Phi) is 2.98. The smallest absolute Gasteiger partial charge is 0.144 e. The molecule has 0 atom stereocenters. The van der Waals surface area contributed by atoms with Crippen LogP contribution in [0.2, 0.25) is 0 Å². The molecule has 2 aromatic heterocycles. The Hall–Kier alpha value is -1.40. The molecular weight excluding hydrogens is 228 g/mol. The van der Waals surface area contributed by atoms with Crippen molar-refractivity contribution in [2.75, 3.05) is 0 Å². The van der Waals surface area contributed by atoms with Gasteiger partial charge in [-0.3, -0.25) is 5.41 Å². The molecule has 4 nitrogen and oxygen atoms in total. The topological polar surface area (TPSA) is 75.7 Å². The second-order valence-corrected chi connectivity index (χ2v) is 4.89. The highest BCUT2D eigenvalue weighted by atomic mass is 32.2. The predicted octanol–water partition coefficient (Wildman–Crippen LogP) is 1.97. The summed E-state index contributed by atoms with van der Waals surface area (Å²) in [7, 11) is 0. The van der Waals surface area contributed by atoms with Gasteiger partial charge in [0.15, 0.2) is 0 Å². The van der Waals surface area contributed by atoms with Gasteiger partial charge in [-0.25, -0.2) is 9.97 Å². The average molecular weight is 236 g/mol. The van der Waals surface area contributed by atoms with Gasteiger partial charge in [-0.2, -0.15) is 0 Å². The lowest BCUT2D eigenvalue weighted by Gasteiger charge is -2.02. The fraction of sp³-hybridized carbons (Fsp3) is 0. The Balaban J connectivity index is 2.32. The lowest BCUT2D eigenvalue weighted by molar-refractivity contribution is 1.03. The van der Waals surface area contributed by atoms with Crippen LogP contribution in [0.15, 0.2) is 39.1 Å². The Morgan fingerprint density at radius 1 is 1.40 bits per heavy atom. The molecule has 0 aromatic carbocycles. The van der Waals surface area contributed by atoms with E-state index >= 15 is 0 Å². The predicted molar refractivity (Wildman–Crippen MR) is 61.5 cm³/mol. The first-order valence-corrected chi connectivity index (χ1v) is 5.84. The van der Waals surface area contributed by atoms with Crippen molar-refractivity contribution in [3.63, 3.8) is 0 Å². The van der Waals surface area contributed by atoms with E-state index in [-0.39, 0.29) is 5.84 Å². The van der Waals surface area contributed by atoms with Crippen LogP contribution in [0.3, 0.4) is 0 Å². The SMILES string of the molecule is N=C(N)c1nccnc1Sc1cccs1. The third-order valence-electron chi connectivity index (χ3n) is 1.61. The molecule has 0 aliphatic carbocycles. The molecule has 6 heteroatoms. The Morgan fingerprint density at radius 3 is 2.87 bits per heavy atom. The number of amidine groups is 1. The molecule has 76 valence electrons. The molecule has 0 saturated carbocycles. The van der Waals surface area contributed by atoms with Crippen molar-refractivity contribution in [2.45, 2.75) is 9.24 Å². The number of nitrogens with two attached hydrogens (primary N) is 1. The van der Waals surface area contributed by atoms with Crippen LogP contribution >= 0.6 is 23.1 Å². The van der Waals surface area contributed by atoms with Crippen molar-refractivity contribution >= 4 is 28.9 Å². The molecule has 0 aliphatic heterocycles. The molecule has 0 radical (unpaired) electrons. The largest absolute Gasteiger partial charge is 0.382 e. The van der Waals surface area contributed by atoms with E-state index in [1.807, 2.05) is 17.5 Å². The van der Waals surface area contributed by atoms with E-state index in [2.05, 4.69) is 9.97 Å². The molecule has 0 saturated heterocycles. The van der Waals surface area contributed by atoms with Crippen LogP contribution in [-0.4, -0.2) is 15.8 Å². The molecule has 0 bridgehead atoms. The number of aromatic nitrogens is 2. The first kappa shape index (κ1) is 10.1. The Labute approximate surface area is 95.1 Å². The molecule has 3 N–H and O–H groups in total. The summed E-state index contributed by atoms with van der Waals surface area (Å²) in [4.78, 5) is 8.19. The normalized spacial score (nSPS) is 10.1. The summed E-state index contributed by atoms with van der Waals surface area (Å²) in [5.74, 6) is -0.0536. The molecule has 0 amide bonds. The molecule has 0 fully saturated rings. The van der Waals surface area contributed by atoms with Gasteiger partial charge in [0, 0.05) is 12.4 Å². The van der Waals surface area contributed by atoms with Crippen LogP contribution in [0.5, 0.6) is 0 Å². The fourth-order valence-corrected chi connectivity index (χ4v) is 2.76. The van der Waals surface area contributed by atoms with E-state index < -0.39 is 0 Å². The van der Waals surface area contributed by atoms with Crippen LogP contribution in [0.4, 0.5) is 0 Å². The minimum Gasteiger partial charge on any atom is -0.382 e. The molecule has 2 aromatic rings. The summed E-state index contributed by atoms with van der Waals surface area (Å²) in [6.07, 6.45) is 3.14.